The molecule has 4 rings (SSSR count). The zero-order chi connectivity index (χ0) is 21.6. The van der Waals surface area contributed by atoms with Gasteiger partial charge in [-0.3, -0.25) is 18.8 Å². The zero-order valence-electron chi connectivity index (χ0n) is 17.4. The molecule has 0 N–H and O–H groups in total. The van der Waals surface area contributed by atoms with Gasteiger partial charge < -0.3 is 4.57 Å². The van der Waals surface area contributed by atoms with Crippen LogP contribution in [0.15, 0.2) is 27.8 Å². The van der Waals surface area contributed by atoms with Gasteiger partial charge in [0.05, 0.1) is 13.1 Å². The highest BCUT2D eigenvalue weighted by atomic mass is 35.5. The van der Waals surface area contributed by atoms with Crippen LogP contribution in [-0.2, 0) is 27.2 Å². The highest BCUT2D eigenvalue weighted by Crippen LogP contribution is 2.25. The lowest BCUT2D eigenvalue weighted by Crippen LogP contribution is -2.38. The summed E-state index contributed by atoms with van der Waals surface area (Å²) in [7, 11) is 3.02. The third kappa shape index (κ3) is 3.48. The molecule has 1 aliphatic heterocycles. The van der Waals surface area contributed by atoms with Crippen molar-refractivity contribution in [3.05, 3.63) is 61.3 Å². The summed E-state index contributed by atoms with van der Waals surface area (Å²) in [5.74, 6) is 0.180. The monoisotopic (exact) mass is 433 g/mol. The van der Waals surface area contributed by atoms with Gasteiger partial charge in [0.15, 0.2) is 11.2 Å². The van der Waals surface area contributed by atoms with Crippen LogP contribution in [0.1, 0.15) is 37.6 Å². The second-order valence-corrected chi connectivity index (χ2v) is 8.41. The van der Waals surface area contributed by atoms with Crippen molar-refractivity contribution in [2.24, 2.45) is 14.1 Å². The number of fused-ring (bicyclic) bond motifs is 1. The molecule has 1 saturated heterocycles. The van der Waals surface area contributed by atoms with Gasteiger partial charge in [0.1, 0.15) is 11.6 Å². The van der Waals surface area contributed by atoms with Crippen molar-refractivity contribution < 1.29 is 4.39 Å². The highest BCUT2D eigenvalue weighted by Gasteiger charge is 2.25. The number of aromatic nitrogens is 4. The Hall–Kier alpha value is -2.45. The Morgan fingerprint density at radius 2 is 1.93 bits per heavy atom. The predicted molar refractivity (Wildman–Crippen MR) is 114 cm³/mol. The second-order valence-electron chi connectivity index (χ2n) is 8.01. The first-order valence-electron chi connectivity index (χ1n) is 10.1. The summed E-state index contributed by atoms with van der Waals surface area (Å²) < 4.78 is 18.7. The van der Waals surface area contributed by atoms with Crippen LogP contribution in [0.3, 0.4) is 0 Å². The number of rotatable bonds is 4. The SMILES string of the molecule is C[C@@H]1CCCCN1Cc1nc2c(c(=O)n(C)c(=O)n2C)n1Cc1c(F)cccc1Cl. The van der Waals surface area contributed by atoms with Gasteiger partial charge in [-0.05, 0) is 38.4 Å². The number of imidazole rings is 1. The van der Waals surface area contributed by atoms with Gasteiger partial charge in [0, 0.05) is 30.7 Å². The molecular formula is C21H25ClFN5O2. The summed E-state index contributed by atoms with van der Waals surface area (Å²) in [6.45, 7) is 3.68. The van der Waals surface area contributed by atoms with Crippen LogP contribution >= 0.6 is 11.6 Å². The van der Waals surface area contributed by atoms with Crippen LogP contribution in [0.25, 0.3) is 11.2 Å². The Bertz CT molecular complexity index is 1210. The van der Waals surface area contributed by atoms with Crippen molar-refractivity contribution >= 4 is 22.8 Å². The van der Waals surface area contributed by atoms with E-state index in [4.69, 9.17) is 11.6 Å². The van der Waals surface area contributed by atoms with Crippen molar-refractivity contribution in [1.29, 1.82) is 0 Å². The van der Waals surface area contributed by atoms with Gasteiger partial charge >= 0.3 is 5.69 Å². The number of hydrogen-bond acceptors (Lipinski definition) is 4. The van der Waals surface area contributed by atoms with Gasteiger partial charge in [0.2, 0.25) is 0 Å². The Labute approximate surface area is 178 Å². The fraction of sp³-hybridized carbons (Fsp3) is 0.476. The van der Waals surface area contributed by atoms with Gasteiger partial charge in [-0.25, -0.2) is 14.2 Å². The normalized spacial score (nSPS) is 17.7. The standard InChI is InChI=1S/C21H25ClFN5O2/c1-13-7-4-5-10-27(13)12-17-24-19-18(20(29)26(3)21(30)25(19)2)28(17)11-14-15(22)8-6-9-16(14)23/h6,8-9,13H,4-5,7,10-12H2,1-3H3/t13-/m1/s1. The van der Waals surface area contributed by atoms with Gasteiger partial charge in [0.25, 0.3) is 5.56 Å². The number of likely N-dealkylation sites (tertiary alicyclic amines) is 1. The average molecular weight is 434 g/mol. The quantitative estimate of drug-likeness (QED) is 0.634. The predicted octanol–water partition coefficient (Wildman–Crippen LogP) is 2.65. The molecule has 1 aliphatic rings. The summed E-state index contributed by atoms with van der Waals surface area (Å²) in [5.41, 5.74) is -0.0268. The fourth-order valence-corrected chi connectivity index (χ4v) is 4.42. The number of hydrogen-bond donors (Lipinski definition) is 0. The molecule has 9 heteroatoms. The zero-order valence-corrected chi connectivity index (χ0v) is 18.1. The van der Waals surface area contributed by atoms with Crippen LogP contribution in [0.5, 0.6) is 0 Å². The second kappa shape index (κ2) is 8.00. The summed E-state index contributed by atoms with van der Waals surface area (Å²) in [5, 5.41) is 0.288. The Morgan fingerprint density at radius 1 is 1.17 bits per heavy atom. The van der Waals surface area contributed by atoms with E-state index in [2.05, 4.69) is 16.8 Å². The maximum Gasteiger partial charge on any atom is 0.332 e. The number of aryl methyl sites for hydroxylation is 1. The summed E-state index contributed by atoms with van der Waals surface area (Å²) in [4.78, 5) is 32.4. The molecule has 0 radical (unpaired) electrons. The first-order chi connectivity index (χ1) is 14.3. The molecule has 0 aliphatic carbocycles. The molecule has 0 spiro atoms. The number of piperidine rings is 1. The molecule has 30 heavy (non-hydrogen) atoms. The van der Waals surface area contributed by atoms with Crippen molar-refractivity contribution in [2.75, 3.05) is 6.54 Å². The van der Waals surface area contributed by atoms with E-state index in [1.165, 1.54) is 24.1 Å². The molecule has 0 amide bonds. The van der Waals surface area contributed by atoms with E-state index in [-0.39, 0.29) is 17.1 Å². The number of nitrogens with zero attached hydrogens (tertiary/aromatic N) is 5. The summed E-state index contributed by atoms with van der Waals surface area (Å²) in [6.07, 6.45) is 3.39. The Kier molecular flexibility index (Phi) is 5.55. The molecule has 1 fully saturated rings. The summed E-state index contributed by atoms with van der Waals surface area (Å²) >= 11 is 6.27. The molecule has 1 atom stereocenters. The lowest BCUT2D eigenvalue weighted by molar-refractivity contribution is 0.147. The van der Waals surface area contributed by atoms with E-state index in [1.807, 2.05) is 0 Å². The highest BCUT2D eigenvalue weighted by molar-refractivity contribution is 6.31. The molecular weight excluding hydrogens is 409 g/mol. The third-order valence-electron chi connectivity index (χ3n) is 6.09. The lowest BCUT2D eigenvalue weighted by Gasteiger charge is -2.33. The smallest absolute Gasteiger partial charge is 0.316 e. The van der Waals surface area contributed by atoms with Crippen molar-refractivity contribution in [1.82, 2.24) is 23.6 Å². The first-order valence-corrected chi connectivity index (χ1v) is 10.5. The summed E-state index contributed by atoms with van der Waals surface area (Å²) in [6, 6.07) is 4.90. The van der Waals surface area contributed by atoms with Crippen LogP contribution in [0, 0.1) is 5.82 Å². The Balaban J connectivity index is 1.92. The maximum atomic E-state index is 14.6. The van der Waals surface area contributed by atoms with Crippen LogP contribution in [0.2, 0.25) is 5.02 Å². The van der Waals surface area contributed by atoms with E-state index < -0.39 is 17.1 Å². The number of halogens is 2. The minimum Gasteiger partial charge on any atom is -0.316 e. The van der Waals surface area contributed by atoms with Crippen molar-refractivity contribution in [3.8, 4) is 0 Å². The topological polar surface area (TPSA) is 65.1 Å². The lowest BCUT2D eigenvalue weighted by atomic mass is 10.0. The molecule has 3 aromatic rings. The molecule has 0 bridgehead atoms. The van der Waals surface area contributed by atoms with Crippen LogP contribution in [-0.4, -0.2) is 36.2 Å². The van der Waals surface area contributed by atoms with Gasteiger partial charge in [-0.2, -0.15) is 0 Å². The van der Waals surface area contributed by atoms with E-state index in [9.17, 15) is 14.0 Å². The first kappa shape index (κ1) is 20.8. The Morgan fingerprint density at radius 3 is 2.63 bits per heavy atom. The van der Waals surface area contributed by atoms with Gasteiger partial charge in [-0.1, -0.05) is 24.1 Å². The molecule has 0 unspecified atom stereocenters. The molecule has 7 nitrogen and oxygen atoms in total. The van der Waals surface area contributed by atoms with Crippen molar-refractivity contribution in [3.63, 3.8) is 0 Å². The molecule has 3 heterocycles. The largest absolute Gasteiger partial charge is 0.332 e. The van der Waals surface area contributed by atoms with Gasteiger partial charge in [-0.15, -0.1) is 0 Å². The van der Waals surface area contributed by atoms with Crippen LogP contribution in [0.4, 0.5) is 4.39 Å². The van der Waals surface area contributed by atoms with Crippen LogP contribution < -0.4 is 11.2 Å². The van der Waals surface area contributed by atoms with Crippen molar-refractivity contribution in [2.45, 2.75) is 45.3 Å². The molecule has 1 aromatic carbocycles. The molecule has 0 saturated carbocycles. The minimum atomic E-state index is -0.453. The minimum absolute atomic E-state index is 0.0625. The van der Waals surface area contributed by atoms with E-state index in [1.54, 1.807) is 23.7 Å². The molecule has 160 valence electrons. The number of benzene rings is 1. The average Bonchev–Trinajstić information content (AvgIpc) is 3.07. The van der Waals surface area contributed by atoms with E-state index >= 15 is 0 Å². The van der Waals surface area contributed by atoms with E-state index in [0.717, 1.165) is 24.0 Å². The third-order valence-corrected chi connectivity index (χ3v) is 6.44. The van der Waals surface area contributed by atoms with E-state index in [0.29, 0.717) is 29.6 Å². The fourth-order valence-electron chi connectivity index (χ4n) is 4.20. The molecule has 2 aromatic heterocycles. The maximum absolute atomic E-state index is 14.6.